The summed E-state index contributed by atoms with van der Waals surface area (Å²) in [5, 5.41) is 4.40. The van der Waals surface area contributed by atoms with Gasteiger partial charge in [0.1, 0.15) is 10.4 Å². The van der Waals surface area contributed by atoms with E-state index >= 15 is 0 Å². The molecule has 1 N–H and O–H groups in total. The summed E-state index contributed by atoms with van der Waals surface area (Å²) >= 11 is 3.32. The topological polar surface area (TPSA) is 47.3 Å². The first-order valence-corrected chi connectivity index (χ1v) is 7.41. The first-order chi connectivity index (χ1) is 10.2. The zero-order chi connectivity index (χ0) is 14.8. The molecule has 0 amide bonds. The number of furan rings is 1. The van der Waals surface area contributed by atoms with Gasteiger partial charge in [0.05, 0.1) is 25.0 Å². The Hall–Kier alpha value is -2.01. The molecule has 21 heavy (non-hydrogen) atoms. The fourth-order valence-corrected chi connectivity index (χ4v) is 2.45. The first kappa shape index (κ1) is 13.9. The summed E-state index contributed by atoms with van der Waals surface area (Å²) in [7, 11) is 1.64. The van der Waals surface area contributed by atoms with Crippen molar-refractivity contribution >= 4 is 32.6 Å². The molecule has 2 heterocycles. The second kappa shape index (κ2) is 5.77. The summed E-state index contributed by atoms with van der Waals surface area (Å²) < 4.78 is 12.1. The Balaban J connectivity index is 1.87. The van der Waals surface area contributed by atoms with Crippen molar-refractivity contribution in [3.8, 4) is 5.75 Å². The van der Waals surface area contributed by atoms with Gasteiger partial charge in [0, 0.05) is 5.39 Å². The molecule has 1 atom stereocenters. The quantitative estimate of drug-likeness (QED) is 0.691. The van der Waals surface area contributed by atoms with Gasteiger partial charge >= 0.3 is 0 Å². The molecule has 0 fully saturated rings. The van der Waals surface area contributed by atoms with Crippen molar-refractivity contribution in [3.05, 3.63) is 53.0 Å². The number of nitrogens with zero attached hydrogens (tertiary/aromatic N) is 1. The SMILES string of the molecule is COc1cccc2cc(C(C)Nc3ccc(Br)nc3)oc12. The monoisotopic (exact) mass is 346 g/mol. The Morgan fingerprint density at radius 3 is 2.86 bits per heavy atom. The third-order valence-corrected chi connectivity index (χ3v) is 3.75. The highest BCUT2D eigenvalue weighted by molar-refractivity contribution is 9.10. The lowest BCUT2D eigenvalue weighted by atomic mass is 10.2. The van der Waals surface area contributed by atoms with Crippen LogP contribution in [0.1, 0.15) is 18.7 Å². The minimum atomic E-state index is 0.0325. The number of anilines is 1. The number of benzene rings is 1. The summed E-state index contributed by atoms with van der Waals surface area (Å²) in [6.45, 7) is 2.05. The molecule has 0 saturated heterocycles. The Bertz CT molecular complexity index is 753. The summed E-state index contributed by atoms with van der Waals surface area (Å²) in [5.41, 5.74) is 1.72. The highest BCUT2D eigenvalue weighted by Crippen LogP contribution is 2.31. The van der Waals surface area contributed by atoms with Gasteiger partial charge in [0.15, 0.2) is 11.3 Å². The molecule has 0 aliphatic rings. The van der Waals surface area contributed by atoms with E-state index in [4.69, 9.17) is 9.15 Å². The van der Waals surface area contributed by atoms with Gasteiger partial charge in [-0.05, 0) is 47.1 Å². The molecule has 0 saturated carbocycles. The predicted octanol–water partition coefficient (Wildman–Crippen LogP) is 4.77. The van der Waals surface area contributed by atoms with Crippen LogP contribution in [0.25, 0.3) is 11.0 Å². The maximum absolute atomic E-state index is 5.93. The minimum absolute atomic E-state index is 0.0325. The van der Waals surface area contributed by atoms with Gasteiger partial charge in [-0.1, -0.05) is 12.1 Å². The molecule has 1 aromatic carbocycles. The van der Waals surface area contributed by atoms with E-state index in [1.807, 2.05) is 43.3 Å². The normalized spacial score (nSPS) is 12.3. The number of hydrogen-bond acceptors (Lipinski definition) is 4. The number of pyridine rings is 1. The number of halogens is 1. The number of ether oxygens (including phenoxy) is 1. The van der Waals surface area contributed by atoms with Crippen molar-refractivity contribution in [2.75, 3.05) is 12.4 Å². The van der Waals surface area contributed by atoms with E-state index < -0.39 is 0 Å². The standard InChI is InChI=1S/C16H15BrN2O2/c1-10(19-12-6-7-15(17)18-9-12)14-8-11-4-3-5-13(20-2)16(11)21-14/h3-10,19H,1-2H3. The van der Waals surface area contributed by atoms with Crippen LogP contribution in [-0.4, -0.2) is 12.1 Å². The summed E-state index contributed by atoms with van der Waals surface area (Å²) in [6.07, 6.45) is 1.78. The molecule has 1 unspecified atom stereocenters. The zero-order valence-electron chi connectivity index (χ0n) is 11.8. The molecule has 2 aromatic heterocycles. The van der Waals surface area contributed by atoms with Gasteiger partial charge < -0.3 is 14.5 Å². The fraction of sp³-hybridized carbons (Fsp3) is 0.188. The Labute approximate surface area is 131 Å². The van der Waals surface area contributed by atoms with Crippen LogP contribution in [0.5, 0.6) is 5.75 Å². The molecule has 3 rings (SSSR count). The average molecular weight is 347 g/mol. The van der Waals surface area contributed by atoms with Crippen LogP contribution < -0.4 is 10.1 Å². The molecule has 0 aliphatic carbocycles. The van der Waals surface area contributed by atoms with E-state index in [9.17, 15) is 0 Å². The number of nitrogens with one attached hydrogen (secondary N) is 1. The van der Waals surface area contributed by atoms with Crippen molar-refractivity contribution in [3.63, 3.8) is 0 Å². The van der Waals surface area contributed by atoms with E-state index in [2.05, 4.69) is 26.2 Å². The highest BCUT2D eigenvalue weighted by Gasteiger charge is 2.14. The van der Waals surface area contributed by atoms with Gasteiger partial charge in [-0.2, -0.15) is 0 Å². The Morgan fingerprint density at radius 1 is 1.29 bits per heavy atom. The molecule has 4 nitrogen and oxygen atoms in total. The molecule has 5 heteroatoms. The van der Waals surface area contributed by atoms with Gasteiger partial charge in [-0.25, -0.2) is 4.98 Å². The average Bonchev–Trinajstić information content (AvgIpc) is 2.93. The number of aromatic nitrogens is 1. The van der Waals surface area contributed by atoms with E-state index in [1.54, 1.807) is 13.3 Å². The van der Waals surface area contributed by atoms with Crippen molar-refractivity contribution in [2.24, 2.45) is 0 Å². The van der Waals surface area contributed by atoms with E-state index in [0.29, 0.717) is 0 Å². The molecule has 0 aliphatic heterocycles. The van der Waals surface area contributed by atoms with Gasteiger partial charge in [0.2, 0.25) is 0 Å². The van der Waals surface area contributed by atoms with E-state index in [-0.39, 0.29) is 6.04 Å². The number of para-hydroxylation sites is 1. The largest absolute Gasteiger partial charge is 0.493 e. The van der Waals surface area contributed by atoms with Crippen molar-refractivity contribution in [1.29, 1.82) is 0 Å². The van der Waals surface area contributed by atoms with Crippen LogP contribution in [0, 0.1) is 0 Å². The molecule has 0 bridgehead atoms. The highest BCUT2D eigenvalue weighted by atomic mass is 79.9. The van der Waals surface area contributed by atoms with E-state index in [0.717, 1.165) is 32.8 Å². The Morgan fingerprint density at radius 2 is 2.14 bits per heavy atom. The maximum atomic E-state index is 5.93. The van der Waals surface area contributed by atoms with E-state index in [1.165, 1.54) is 0 Å². The molecular weight excluding hydrogens is 332 g/mol. The molecule has 0 spiro atoms. The third-order valence-electron chi connectivity index (χ3n) is 3.28. The van der Waals surface area contributed by atoms with Crippen LogP contribution in [0.2, 0.25) is 0 Å². The molecule has 108 valence electrons. The molecule has 3 aromatic rings. The van der Waals surface area contributed by atoms with Crippen LogP contribution in [0.4, 0.5) is 5.69 Å². The van der Waals surface area contributed by atoms with Crippen molar-refractivity contribution < 1.29 is 9.15 Å². The van der Waals surface area contributed by atoms with Crippen LogP contribution in [0.15, 0.2) is 51.6 Å². The zero-order valence-corrected chi connectivity index (χ0v) is 13.3. The number of rotatable bonds is 4. The van der Waals surface area contributed by atoms with Crippen molar-refractivity contribution in [2.45, 2.75) is 13.0 Å². The minimum Gasteiger partial charge on any atom is -0.493 e. The lowest BCUT2D eigenvalue weighted by Gasteiger charge is -2.12. The smallest absolute Gasteiger partial charge is 0.176 e. The van der Waals surface area contributed by atoms with Gasteiger partial charge in [-0.15, -0.1) is 0 Å². The number of methoxy groups -OCH3 is 1. The second-order valence-corrected chi connectivity index (χ2v) is 5.58. The second-order valence-electron chi connectivity index (χ2n) is 4.76. The van der Waals surface area contributed by atoms with Gasteiger partial charge in [-0.3, -0.25) is 0 Å². The number of hydrogen-bond donors (Lipinski definition) is 1. The lowest BCUT2D eigenvalue weighted by Crippen LogP contribution is -2.05. The predicted molar refractivity (Wildman–Crippen MR) is 86.7 cm³/mol. The summed E-state index contributed by atoms with van der Waals surface area (Å²) in [4.78, 5) is 4.20. The fourth-order valence-electron chi connectivity index (χ4n) is 2.21. The molecule has 0 radical (unpaired) electrons. The van der Waals surface area contributed by atoms with Crippen molar-refractivity contribution in [1.82, 2.24) is 4.98 Å². The third kappa shape index (κ3) is 2.88. The lowest BCUT2D eigenvalue weighted by molar-refractivity contribution is 0.406. The Kier molecular flexibility index (Phi) is 3.84. The van der Waals surface area contributed by atoms with Crippen LogP contribution >= 0.6 is 15.9 Å². The summed E-state index contributed by atoms with van der Waals surface area (Å²) in [5.74, 6) is 1.61. The van der Waals surface area contributed by atoms with Gasteiger partial charge in [0.25, 0.3) is 0 Å². The number of fused-ring (bicyclic) bond motifs is 1. The molecular formula is C16H15BrN2O2. The van der Waals surface area contributed by atoms with Crippen LogP contribution in [0.3, 0.4) is 0 Å². The van der Waals surface area contributed by atoms with Crippen LogP contribution in [-0.2, 0) is 0 Å². The summed E-state index contributed by atoms with van der Waals surface area (Å²) in [6, 6.07) is 11.8. The first-order valence-electron chi connectivity index (χ1n) is 6.62. The maximum Gasteiger partial charge on any atom is 0.176 e.